The van der Waals surface area contributed by atoms with Gasteiger partial charge in [0.2, 0.25) is 0 Å². The van der Waals surface area contributed by atoms with Crippen molar-refractivity contribution in [2.24, 2.45) is 5.73 Å². The Bertz CT molecular complexity index is 1210. The van der Waals surface area contributed by atoms with Crippen LogP contribution >= 0.6 is 0 Å². The third-order valence-corrected chi connectivity index (χ3v) is 6.10. The highest BCUT2D eigenvalue weighted by Crippen LogP contribution is 2.44. The van der Waals surface area contributed by atoms with Crippen molar-refractivity contribution in [3.8, 4) is 16.9 Å². The summed E-state index contributed by atoms with van der Waals surface area (Å²) >= 11 is 0. The molecule has 2 atom stereocenters. The van der Waals surface area contributed by atoms with Crippen molar-refractivity contribution in [2.75, 3.05) is 6.61 Å². The molecule has 3 rings (SSSR count). The Balaban J connectivity index is 0.00000247. The van der Waals surface area contributed by atoms with Crippen LogP contribution in [-0.2, 0) is 0 Å². The number of rotatable bonds is 9. The van der Waals surface area contributed by atoms with Gasteiger partial charge in [-0.3, -0.25) is 0 Å². The first kappa shape index (κ1) is 30.9. The van der Waals surface area contributed by atoms with E-state index < -0.39 is 36.4 Å². The van der Waals surface area contributed by atoms with Crippen molar-refractivity contribution in [3.63, 3.8) is 0 Å². The molecule has 0 amide bonds. The highest BCUT2D eigenvalue weighted by Gasteiger charge is 2.54. The fraction of sp³-hybridized carbons (Fsp3) is 0.355. The van der Waals surface area contributed by atoms with Gasteiger partial charge in [-0.05, 0) is 72.7 Å². The Labute approximate surface area is 223 Å². The van der Waals surface area contributed by atoms with E-state index in [0.717, 1.165) is 17.2 Å². The molecule has 0 aromatic heterocycles. The van der Waals surface area contributed by atoms with Gasteiger partial charge in [-0.25, -0.2) is 4.39 Å². The van der Waals surface area contributed by atoms with E-state index in [9.17, 15) is 22.7 Å². The van der Waals surface area contributed by atoms with E-state index in [0.29, 0.717) is 16.9 Å². The number of hydrogen-bond donors (Lipinski definition) is 2. The van der Waals surface area contributed by atoms with Crippen LogP contribution in [0.2, 0.25) is 0 Å². The molecule has 3 nitrogen and oxygen atoms in total. The Morgan fingerprint density at radius 2 is 1.63 bits per heavy atom. The molecule has 0 aliphatic heterocycles. The van der Waals surface area contributed by atoms with Crippen LogP contribution in [0.1, 0.15) is 63.1 Å². The molecule has 0 heterocycles. The maximum absolute atomic E-state index is 14.1. The summed E-state index contributed by atoms with van der Waals surface area (Å²) in [7, 11) is 0. The first-order valence-electron chi connectivity index (χ1n) is 12.8. The van der Waals surface area contributed by atoms with E-state index in [2.05, 4.69) is 0 Å². The second-order valence-corrected chi connectivity index (χ2v) is 9.10. The number of aryl methyl sites for hydroxylation is 1. The van der Waals surface area contributed by atoms with Crippen LogP contribution < -0.4 is 10.5 Å². The molecular weight excluding hydrogens is 494 g/mol. The van der Waals surface area contributed by atoms with Crippen LogP contribution in [-0.4, -0.2) is 23.5 Å². The molecule has 0 saturated carbocycles. The summed E-state index contributed by atoms with van der Waals surface area (Å²) in [4.78, 5) is 0. The third-order valence-electron chi connectivity index (χ3n) is 6.10. The summed E-state index contributed by atoms with van der Waals surface area (Å²) in [6.07, 6.45) is -5.06. The standard InChI is InChI=1S/C29H31F4NO2.C2H6/c1-4-36-27-19(2)13-24(30)16-26(27)20(3)17-28(35,29(31,32)33)18-25(34)15-21-9-8-12-23(14-21)22-10-6-5-7-11-22;1-2/h5-16,20,35H,4,17-18,34H2,1-3H3;1-2H3/b25-15-;. The quantitative estimate of drug-likeness (QED) is 0.273. The number of nitrogens with two attached hydrogens (primary N) is 1. The molecule has 7 heteroatoms. The second kappa shape index (κ2) is 13.5. The van der Waals surface area contributed by atoms with E-state index in [1.807, 2.05) is 56.3 Å². The number of benzene rings is 3. The molecule has 0 saturated heterocycles. The Morgan fingerprint density at radius 1 is 1.00 bits per heavy atom. The molecule has 0 aliphatic rings. The fourth-order valence-corrected chi connectivity index (χ4v) is 4.41. The Morgan fingerprint density at radius 3 is 2.24 bits per heavy atom. The van der Waals surface area contributed by atoms with Gasteiger partial charge in [-0.15, -0.1) is 0 Å². The molecule has 38 heavy (non-hydrogen) atoms. The van der Waals surface area contributed by atoms with Crippen LogP contribution in [0.15, 0.2) is 72.4 Å². The molecular formula is C31H37F4NO2. The van der Waals surface area contributed by atoms with E-state index in [-0.39, 0.29) is 17.9 Å². The minimum atomic E-state index is -4.96. The lowest BCUT2D eigenvalue weighted by atomic mass is 9.82. The number of ether oxygens (including phenoxy) is 1. The van der Waals surface area contributed by atoms with Crippen LogP contribution in [0, 0.1) is 12.7 Å². The molecule has 2 unspecified atom stereocenters. The second-order valence-electron chi connectivity index (χ2n) is 9.10. The lowest BCUT2D eigenvalue weighted by molar-refractivity contribution is -0.263. The van der Waals surface area contributed by atoms with E-state index in [1.165, 1.54) is 19.1 Å². The normalized spacial score (nSPS) is 14.2. The Kier molecular flexibility index (Phi) is 11.0. The van der Waals surface area contributed by atoms with Crippen molar-refractivity contribution in [1.29, 1.82) is 0 Å². The van der Waals surface area contributed by atoms with E-state index in [4.69, 9.17) is 10.5 Å². The van der Waals surface area contributed by atoms with Crippen molar-refractivity contribution in [1.82, 2.24) is 0 Å². The number of hydrogen-bond acceptors (Lipinski definition) is 3. The molecule has 0 bridgehead atoms. The largest absolute Gasteiger partial charge is 0.493 e. The molecule has 206 valence electrons. The van der Waals surface area contributed by atoms with Gasteiger partial charge < -0.3 is 15.6 Å². The molecule has 0 fully saturated rings. The minimum Gasteiger partial charge on any atom is -0.493 e. The van der Waals surface area contributed by atoms with Gasteiger partial charge in [0.25, 0.3) is 0 Å². The number of aliphatic hydroxyl groups is 1. The van der Waals surface area contributed by atoms with Gasteiger partial charge >= 0.3 is 6.18 Å². The van der Waals surface area contributed by atoms with Gasteiger partial charge in [0.15, 0.2) is 5.60 Å². The zero-order valence-corrected chi connectivity index (χ0v) is 22.6. The predicted octanol–water partition coefficient (Wildman–Crippen LogP) is 8.40. The van der Waals surface area contributed by atoms with Gasteiger partial charge in [0.05, 0.1) is 6.61 Å². The summed E-state index contributed by atoms with van der Waals surface area (Å²) in [5.74, 6) is -1.11. The maximum Gasteiger partial charge on any atom is 0.417 e. The minimum absolute atomic E-state index is 0.118. The lowest BCUT2D eigenvalue weighted by Gasteiger charge is -2.33. The van der Waals surface area contributed by atoms with Crippen molar-refractivity contribution in [3.05, 3.63) is 94.9 Å². The van der Waals surface area contributed by atoms with Gasteiger partial charge in [-0.2, -0.15) is 13.2 Å². The van der Waals surface area contributed by atoms with E-state index in [1.54, 1.807) is 26.0 Å². The summed E-state index contributed by atoms with van der Waals surface area (Å²) in [6.45, 7) is 9.15. The van der Waals surface area contributed by atoms with E-state index >= 15 is 0 Å². The lowest BCUT2D eigenvalue weighted by Crippen LogP contribution is -2.47. The van der Waals surface area contributed by atoms with Crippen LogP contribution in [0.3, 0.4) is 0 Å². The van der Waals surface area contributed by atoms with Crippen LogP contribution in [0.5, 0.6) is 5.75 Å². The summed E-state index contributed by atoms with van der Waals surface area (Å²) in [5, 5.41) is 10.8. The average molecular weight is 532 g/mol. The molecule has 0 aliphatic carbocycles. The average Bonchev–Trinajstić information content (AvgIpc) is 2.86. The topological polar surface area (TPSA) is 55.5 Å². The van der Waals surface area contributed by atoms with Gasteiger partial charge in [0.1, 0.15) is 11.6 Å². The molecule has 0 radical (unpaired) electrons. The summed E-state index contributed by atoms with van der Waals surface area (Å²) in [6, 6.07) is 19.2. The number of alkyl halides is 3. The highest BCUT2D eigenvalue weighted by atomic mass is 19.4. The fourth-order valence-electron chi connectivity index (χ4n) is 4.41. The first-order valence-corrected chi connectivity index (χ1v) is 12.8. The summed E-state index contributed by atoms with van der Waals surface area (Å²) < 4.78 is 62.1. The predicted molar refractivity (Wildman–Crippen MR) is 146 cm³/mol. The Hall–Kier alpha value is -3.32. The zero-order chi connectivity index (χ0) is 28.5. The smallest absolute Gasteiger partial charge is 0.417 e. The van der Waals surface area contributed by atoms with Crippen molar-refractivity contribution >= 4 is 6.08 Å². The van der Waals surface area contributed by atoms with Crippen LogP contribution in [0.4, 0.5) is 17.6 Å². The molecule has 0 spiro atoms. The van der Waals surface area contributed by atoms with Gasteiger partial charge in [0, 0.05) is 17.7 Å². The van der Waals surface area contributed by atoms with Crippen molar-refractivity contribution in [2.45, 2.75) is 65.2 Å². The van der Waals surface area contributed by atoms with Crippen molar-refractivity contribution < 1.29 is 27.4 Å². The SMILES string of the molecule is CC.CCOc1c(C)cc(F)cc1C(C)CC(O)(C/C(N)=C/c1cccc(-c2ccccc2)c1)C(F)(F)F. The molecule has 3 aromatic rings. The molecule has 3 aromatic carbocycles. The molecule has 3 N–H and O–H groups in total. The third kappa shape index (κ3) is 7.84. The zero-order valence-electron chi connectivity index (χ0n) is 22.6. The first-order chi connectivity index (χ1) is 17.9. The highest BCUT2D eigenvalue weighted by molar-refractivity contribution is 5.67. The monoisotopic (exact) mass is 531 g/mol. The summed E-state index contributed by atoms with van der Waals surface area (Å²) in [5.41, 5.74) is 6.02. The maximum atomic E-state index is 14.1. The van der Waals surface area contributed by atoms with Gasteiger partial charge in [-0.1, -0.05) is 69.3 Å². The van der Waals surface area contributed by atoms with Crippen LogP contribution in [0.25, 0.3) is 17.2 Å². The number of halogens is 4.